The molecule has 21 heavy (non-hydrogen) atoms. The van der Waals surface area contributed by atoms with E-state index in [2.05, 4.69) is 56.9 Å². The lowest BCUT2D eigenvalue weighted by Crippen LogP contribution is -2.56. The van der Waals surface area contributed by atoms with Crippen molar-refractivity contribution in [3.63, 3.8) is 0 Å². The molecule has 118 valence electrons. The third kappa shape index (κ3) is 3.38. The minimum Gasteiger partial charge on any atom is -0.358 e. The molecule has 1 heterocycles. The smallest absolute Gasteiger partial charge is 0.128 e. The SMILES string of the molecule is CC(C)c1cc(CN)cc(N(C)CC2(N(C)C)CCC2)n1. The van der Waals surface area contributed by atoms with Crippen molar-refractivity contribution in [2.45, 2.75) is 51.1 Å². The van der Waals surface area contributed by atoms with Crippen LogP contribution >= 0.6 is 0 Å². The van der Waals surface area contributed by atoms with E-state index in [0.717, 1.165) is 18.1 Å². The summed E-state index contributed by atoms with van der Waals surface area (Å²) in [4.78, 5) is 9.51. The van der Waals surface area contributed by atoms with Crippen LogP contribution in [0.3, 0.4) is 0 Å². The van der Waals surface area contributed by atoms with Crippen molar-refractivity contribution in [1.82, 2.24) is 9.88 Å². The summed E-state index contributed by atoms with van der Waals surface area (Å²) in [5, 5.41) is 0. The van der Waals surface area contributed by atoms with E-state index < -0.39 is 0 Å². The molecule has 4 heteroatoms. The second-order valence-corrected chi connectivity index (χ2v) is 6.95. The normalized spacial score (nSPS) is 17.1. The molecule has 1 aliphatic rings. The highest BCUT2D eigenvalue weighted by atomic mass is 15.2. The van der Waals surface area contributed by atoms with Gasteiger partial charge in [-0.25, -0.2) is 4.98 Å². The van der Waals surface area contributed by atoms with Crippen molar-refractivity contribution in [1.29, 1.82) is 0 Å². The van der Waals surface area contributed by atoms with Gasteiger partial charge in [0.25, 0.3) is 0 Å². The molecule has 1 fully saturated rings. The van der Waals surface area contributed by atoms with E-state index in [1.165, 1.54) is 24.8 Å². The van der Waals surface area contributed by atoms with Crippen LogP contribution in [0, 0.1) is 0 Å². The summed E-state index contributed by atoms with van der Waals surface area (Å²) < 4.78 is 0. The predicted molar refractivity (Wildman–Crippen MR) is 89.8 cm³/mol. The van der Waals surface area contributed by atoms with Gasteiger partial charge in [0, 0.05) is 31.4 Å². The van der Waals surface area contributed by atoms with Gasteiger partial charge in [-0.3, -0.25) is 0 Å². The zero-order chi connectivity index (χ0) is 15.6. The van der Waals surface area contributed by atoms with Crippen LogP contribution in [0.1, 0.15) is 50.3 Å². The highest BCUT2D eigenvalue weighted by Crippen LogP contribution is 2.37. The molecule has 0 amide bonds. The number of rotatable bonds is 6. The zero-order valence-corrected chi connectivity index (χ0v) is 14.2. The van der Waals surface area contributed by atoms with Gasteiger partial charge in [-0.1, -0.05) is 13.8 Å². The number of likely N-dealkylation sites (N-methyl/N-ethyl adjacent to an activating group) is 2. The van der Waals surface area contributed by atoms with Gasteiger partial charge in [0.05, 0.1) is 0 Å². The zero-order valence-electron chi connectivity index (χ0n) is 14.2. The molecule has 0 aliphatic heterocycles. The van der Waals surface area contributed by atoms with Crippen LogP contribution < -0.4 is 10.6 Å². The summed E-state index contributed by atoms with van der Waals surface area (Å²) in [5.74, 6) is 1.48. The van der Waals surface area contributed by atoms with Crippen LogP contribution in [-0.4, -0.2) is 43.1 Å². The summed E-state index contributed by atoms with van der Waals surface area (Å²) in [6, 6.07) is 4.26. The molecule has 1 aromatic rings. The second kappa shape index (κ2) is 6.32. The van der Waals surface area contributed by atoms with Crippen molar-refractivity contribution in [2.75, 3.05) is 32.6 Å². The maximum absolute atomic E-state index is 5.85. The highest BCUT2D eigenvalue weighted by molar-refractivity contribution is 5.43. The molecule has 0 saturated heterocycles. The third-order valence-corrected chi connectivity index (χ3v) is 4.87. The Morgan fingerprint density at radius 3 is 2.33 bits per heavy atom. The Labute approximate surface area is 129 Å². The fourth-order valence-corrected chi connectivity index (χ4v) is 3.06. The lowest BCUT2D eigenvalue weighted by atomic mass is 9.75. The van der Waals surface area contributed by atoms with E-state index in [9.17, 15) is 0 Å². The monoisotopic (exact) mass is 290 g/mol. The number of anilines is 1. The summed E-state index contributed by atoms with van der Waals surface area (Å²) in [6.45, 7) is 5.96. The molecule has 0 bridgehead atoms. The maximum atomic E-state index is 5.85. The van der Waals surface area contributed by atoms with Crippen molar-refractivity contribution < 1.29 is 0 Å². The molecule has 2 rings (SSSR count). The number of hydrogen-bond acceptors (Lipinski definition) is 4. The molecule has 0 atom stereocenters. The molecule has 1 aliphatic carbocycles. The minimum absolute atomic E-state index is 0.313. The minimum atomic E-state index is 0.313. The van der Waals surface area contributed by atoms with E-state index in [1.807, 2.05) is 0 Å². The van der Waals surface area contributed by atoms with Gasteiger partial charge in [0.2, 0.25) is 0 Å². The topological polar surface area (TPSA) is 45.4 Å². The van der Waals surface area contributed by atoms with Gasteiger partial charge in [0.1, 0.15) is 5.82 Å². The van der Waals surface area contributed by atoms with Crippen LogP contribution in [0.2, 0.25) is 0 Å². The first kappa shape index (κ1) is 16.2. The van der Waals surface area contributed by atoms with Crippen LogP contribution in [0.5, 0.6) is 0 Å². The lowest BCUT2D eigenvalue weighted by molar-refractivity contribution is 0.0681. The maximum Gasteiger partial charge on any atom is 0.128 e. The molecule has 0 spiro atoms. The summed E-state index contributed by atoms with van der Waals surface area (Å²) in [6.07, 6.45) is 3.88. The average Bonchev–Trinajstić information content (AvgIpc) is 2.41. The second-order valence-electron chi connectivity index (χ2n) is 6.95. The molecule has 0 aromatic carbocycles. The quantitative estimate of drug-likeness (QED) is 0.874. The number of nitrogens with zero attached hydrogens (tertiary/aromatic N) is 3. The largest absolute Gasteiger partial charge is 0.358 e. The molecule has 0 unspecified atom stereocenters. The molecular formula is C17H30N4. The van der Waals surface area contributed by atoms with E-state index in [4.69, 9.17) is 10.7 Å². The van der Waals surface area contributed by atoms with Crippen molar-refractivity contribution >= 4 is 5.82 Å². The van der Waals surface area contributed by atoms with Gasteiger partial charge in [0.15, 0.2) is 0 Å². The summed E-state index contributed by atoms with van der Waals surface area (Å²) in [5.41, 5.74) is 8.46. The standard InChI is InChI=1S/C17H30N4/c1-13(2)15-9-14(11-18)10-16(19-15)21(5)12-17(20(3)4)7-6-8-17/h9-10,13H,6-8,11-12,18H2,1-5H3. The number of nitrogens with two attached hydrogens (primary N) is 1. The Morgan fingerprint density at radius 1 is 1.24 bits per heavy atom. The first-order valence-electron chi connectivity index (χ1n) is 7.97. The Balaban J connectivity index is 2.22. The van der Waals surface area contributed by atoms with Crippen LogP contribution in [0.25, 0.3) is 0 Å². The average molecular weight is 290 g/mol. The number of pyridine rings is 1. The van der Waals surface area contributed by atoms with Crippen LogP contribution in [-0.2, 0) is 6.54 Å². The first-order valence-corrected chi connectivity index (χ1v) is 7.97. The van der Waals surface area contributed by atoms with Gasteiger partial charge in [-0.05, 0) is 57.0 Å². The van der Waals surface area contributed by atoms with Crippen molar-refractivity contribution in [2.24, 2.45) is 5.73 Å². The molecule has 1 aromatic heterocycles. The Kier molecular flexibility index (Phi) is 4.89. The Hall–Kier alpha value is -1.13. The van der Waals surface area contributed by atoms with E-state index in [0.29, 0.717) is 18.0 Å². The van der Waals surface area contributed by atoms with Gasteiger partial charge in [-0.2, -0.15) is 0 Å². The van der Waals surface area contributed by atoms with E-state index in [-0.39, 0.29) is 0 Å². The van der Waals surface area contributed by atoms with Crippen LogP contribution in [0.4, 0.5) is 5.82 Å². The Morgan fingerprint density at radius 2 is 1.90 bits per heavy atom. The third-order valence-electron chi connectivity index (χ3n) is 4.87. The highest BCUT2D eigenvalue weighted by Gasteiger charge is 2.40. The van der Waals surface area contributed by atoms with Crippen molar-refractivity contribution in [3.8, 4) is 0 Å². The fourth-order valence-electron chi connectivity index (χ4n) is 3.06. The molecule has 2 N–H and O–H groups in total. The fraction of sp³-hybridized carbons (Fsp3) is 0.706. The van der Waals surface area contributed by atoms with Crippen LogP contribution in [0.15, 0.2) is 12.1 Å². The molecule has 0 radical (unpaired) electrons. The van der Waals surface area contributed by atoms with E-state index in [1.54, 1.807) is 0 Å². The summed E-state index contributed by atoms with van der Waals surface area (Å²) in [7, 11) is 6.53. The van der Waals surface area contributed by atoms with E-state index >= 15 is 0 Å². The molecular weight excluding hydrogens is 260 g/mol. The van der Waals surface area contributed by atoms with Gasteiger partial charge >= 0.3 is 0 Å². The molecule has 4 nitrogen and oxygen atoms in total. The lowest BCUT2D eigenvalue weighted by Gasteiger charge is -2.49. The number of hydrogen-bond donors (Lipinski definition) is 1. The van der Waals surface area contributed by atoms with Gasteiger partial charge in [-0.15, -0.1) is 0 Å². The van der Waals surface area contributed by atoms with Gasteiger partial charge < -0.3 is 15.5 Å². The molecule has 1 saturated carbocycles. The first-order chi connectivity index (χ1) is 9.88. The Bertz CT molecular complexity index is 478. The number of aromatic nitrogens is 1. The predicted octanol–water partition coefficient (Wildman–Crippen LogP) is 2.58. The van der Waals surface area contributed by atoms with Crippen molar-refractivity contribution in [3.05, 3.63) is 23.4 Å². The summed E-state index contributed by atoms with van der Waals surface area (Å²) >= 11 is 0.